The first kappa shape index (κ1) is 11.5. The quantitative estimate of drug-likeness (QED) is 0.801. The molecule has 0 unspecified atom stereocenters. The zero-order valence-corrected chi connectivity index (χ0v) is 8.82. The highest BCUT2D eigenvalue weighted by molar-refractivity contribution is 5.89. The lowest BCUT2D eigenvalue weighted by atomic mass is 10.0. The van der Waals surface area contributed by atoms with Gasteiger partial charge in [0.15, 0.2) is 0 Å². The smallest absolute Gasteiger partial charge is 0.335 e. The second kappa shape index (κ2) is 5.36. The van der Waals surface area contributed by atoms with Crippen molar-refractivity contribution in [3.05, 3.63) is 29.3 Å². The fourth-order valence-electron chi connectivity index (χ4n) is 1.32. The molecule has 1 N–H and O–H groups in total. The van der Waals surface area contributed by atoms with Gasteiger partial charge < -0.3 is 14.6 Å². The fourth-order valence-corrected chi connectivity index (χ4v) is 1.32. The van der Waals surface area contributed by atoms with Gasteiger partial charge in [0.2, 0.25) is 0 Å². The van der Waals surface area contributed by atoms with E-state index in [1.54, 1.807) is 32.4 Å². The number of hydrogen-bond donors (Lipinski definition) is 1. The van der Waals surface area contributed by atoms with Gasteiger partial charge in [-0.2, -0.15) is 0 Å². The third-order valence-electron chi connectivity index (χ3n) is 2.12. The van der Waals surface area contributed by atoms with Crippen LogP contribution in [-0.2, 0) is 11.2 Å². The van der Waals surface area contributed by atoms with E-state index in [0.717, 1.165) is 5.56 Å². The highest BCUT2D eigenvalue weighted by Crippen LogP contribution is 2.18. The summed E-state index contributed by atoms with van der Waals surface area (Å²) in [5, 5.41) is 8.95. The predicted molar refractivity (Wildman–Crippen MR) is 55.5 cm³/mol. The van der Waals surface area contributed by atoms with E-state index in [9.17, 15) is 4.79 Å². The van der Waals surface area contributed by atoms with Gasteiger partial charge in [-0.3, -0.25) is 0 Å². The first-order valence-corrected chi connectivity index (χ1v) is 4.58. The summed E-state index contributed by atoms with van der Waals surface area (Å²) >= 11 is 0. The zero-order valence-electron chi connectivity index (χ0n) is 8.82. The first-order valence-electron chi connectivity index (χ1n) is 4.58. The van der Waals surface area contributed by atoms with E-state index >= 15 is 0 Å². The zero-order chi connectivity index (χ0) is 11.3. The molecular weight excluding hydrogens is 196 g/mol. The molecule has 1 aromatic carbocycles. The van der Waals surface area contributed by atoms with Crippen molar-refractivity contribution in [2.24, 2.45) is 0 Å². The standard InChI is InChI=1S/C11H14O4/c1-14-6-5-8-7-9(15-2)3-4-10(8)11(12)13/h3-4,7H,5-6H2,1-2H3,(H,12,13). The van der Waals surface area contributed by atoms with Crippen molar-refractivity contribution in [1.29, 1.82) is 0 Å². The second-order valence-corrected chi connectivity index (χ2v) is 3.07. The van der Waals surface area contributed by atoms with E-state index in [0.29, 0.717) is 24.3 Å². The average molecular weight is 210 g/mol. The van der Waals surface area contributed by atoms with Gasteiger partial charge in [-0.15, -0.1) is 0 Å². The van der Waals surface area contributed by atoms with Gasteiger partial charge in [-0.05, 0) is 30.2 Å². The van der Waals surface area contributed by atoms with Crippen LogP contribution < -0.4 is 4.74 Å². The molecule has 0 saturated heterocycles. The summed E-state index contributed by atoms with van der Waals surface area (Å²) < 4.78 is 9.96. The molecule has 0 fully saturated rings. The molecule has 0 aromatic heterocycles. The summed E-state index contributed by atoms with van der Waals surface area (Å²) in [6, 6.07) is 4.91. The largest absolute Gasteiger partial charge is 0.497 e. The number of carboxylic acids is 1. The molecule has 1 rings (SSSR count). The van der Waals surface area contributed by atoms with Crippen LogP contribution in [0.3, 0.4) is 0 Å². The van der Waals surface area contributed by atoms with E-state index in [1.165, 1.54) is 0 Å². The Morgan fingerprint density at radius 1 is 1.40 bits per heavy atom. The van der Waals surface area contributed by atoms with Gasteiger partial charge in [0.25, 0.3) is 0 Å². The van der Waals surface area contributed by atoms with Gasteiger partial charge in [0, 0.05) is 7.11 Å². The summed E-state index contributed by atoms with van der Waals surface area (Å²) in [6.45, 7) is 0.493. The lowest BCUT2D eigenvalue weighted by Gasteiger charge is -2.07. The Labute approximate surface area is 88.4 Å². The Morgan fingerprint density at radius 3 is 2.67 bits per heavy atom. The molecule has 15 heavy (non-hydrogen) atoms. The molecule has 0 aliphatic rings. The van der Waals surface area contributed by atoms with E-state index < -0.39 is 5.97 Å². The SMILES string of the molecule is COCCc1cc(OC)ccc1C(=O)O. The summed E-state index contributed by atoms with van der Waals surface area (Å²) in [5.41, 5.74) is 1.02. The number of carbonyl (C=O) groups is 1. The third kappa shape index (κ3) is 2.95. The molecule has 0 saturated carbocycles. The van der Waals surface area contributed by atoms with E-state index in [1.807, 2.05) is 0 Å². The van der Waals surface area contributed by atoms with E-state index in [-0.39, 0.29) is 0 Å². The fraction of sp³-hybridized carbons (Fsp3) is 0.364. The maximum Gasteiger partial charge on any atom is 0.335 e. The van der Waals surface area contributed by atoms with E-state index in [2.05, 4.69) is 0 Å². The molecule has 0 radical (unpaired) electrons. The van der Waals surface area contributed by atoms with Gasteiger partial charge >= 0.3 is 5.97 Å². The number of rotatable bonds is 5. The lowest BCUT2D eigenvalue weighted by molar-refractivity contribution is 0.0695. The topological polar surface area (TPSA) is 55.8 Å². The third-order valence-corrected chi connectivity index (χ3v) is 2.12. The van der Waals surface area contributed by atoms with Crippen LogP contribution in [0.1, 0.15) is 15.9 Å². The number of ether oxygens (including phenoxy) is 2. The molecule has 0 spiro atoms. The van der Waals surface area contributed by atoms with Gasteiger partial charge in [-0.25, -0.2) is 4.79 Å². The number of benzene rings is 1. The minimum Gasteiger partial charge on any atom is -0.497 e. The molecule has 4 heteroatoms. The Hall–Kier alpha value is -1.55. The molecule has 4 nitrogen and oxygen atoms in total. The summed E-state index contributed by atoms with van der Waals surface area (Å²) in [7, 11) is 3.14. The Bertz CT molecular complexity index is 346. The minimum absolute atomic E-state index is 0.299. The van der Waals surface area contributed by atoms with Crippen LogP contribution in [0.5, 0.6) is 5.75 Å². The maximum atomic E-state index is 10.9. The first-order chi connectivity index (χ1) is 7.19. The highest BCUT2D eigenvalue weighted by atomic mass is 16.5. The summed E-state index contributed by atoms with van der Waals surface area (Å²) in [4.78, 5) is 10.9. The van der Waals surface area contributed by atoms with Crippen molar-refractivity contribution < 1.29 is 19.4 Å². The van der Waals surface area contributed by atoms with Crippen molar-refractivity contribution >= 4 is 5.97 Å². The molecule has 0 bridgehead atoms. The summed E-state index contributed by atoms with van der Waals surface area (Å²) in [6.07, 6.45) is 0.565. The van der Waals surface area contributed by atoms with E-state index in [4.69, 9.17) is 14.6 Å². The van der Waals surface area contributed by atoms with Crippen LogP contribution >= 0.6 is 0 Å². The monoisotopic (exact) mass is 210 g/mol. The van der Waals surface area contributed by atoms with Crippen molar-refractivity contribution in [3.63, 3.8) is 0 Å². The Kier molecular flexibility index (Phi) is 4.12. The second-order valence-electron chi connectivity index (χ2n) is 3.07. The van der Waals surface area contributed by atoms with Crippen LogP contribution in [-0.4, -0.2) is 31.9 Å². The summed E-state index contributed by atoms with van der Waals surface area (Å²) in [5.74, 6) is -0.269. The lowest BCUT2D eigenvalue weighted by Crippen LogP contribution is -2.05. The van der Waals surface area contributed by atoms with Gasteiger partial charge in [0.1, 0.15) is 5.75 Å². The number of hydrogen-bond acceptors (Lipinski definition) is 3. The van der Waals surface area contributed by atoms with Crippen LogP contribution in [0.15, 0.2) is 18.2 Å². The molecule has 0 heterocycles. The molecule has 0 amide bonds. The predicted octanol–water partition coefficient (Wildman–Crippen LogP) is 1.58. The molecule has 0 atom stereocenters. The Morgan fingerprint density at radius 2 is 2.13 bits per heavy atom. The normalized spacial score (nSPS) is 10.0. The molecule has 1 aromatic rings. The Balaban J connectivity index is 2.99. The van der Waals surface area contributed by atoms with Crippen molar-refractivity contribution in [2.75, 3.05) is 20.8 Å². The van der Waals surface area contributed by atoms with Crippen LogP contribution in [0.2, 0.25) is 0 Å². The van der Waals surface area contributed by atoms with Crippen molar-refractivity contribution in [2.45, 2.75) is 6.42 Å². The van der Waals surface area contributed by atoms with Crippen LogP contribution in [0, 0.1) is 0 Å². The molecule has 82 valence electrons. The number of carboxylic acid groups (broad SMARTS) is 1. The van der Waals surface area contributed by atoms with Gasteiger partial charge in [0.05, 0.1) is 19.3 Å². The molecule has 0 aliphatic heterocycles. The molecular formula is C11H14O4. The van der Waals surface area contributed by atoms with Crippen LogP contribution in [0.25, 0.3) is 0 Å². The minimum atomic E-state index is -0.927. The van der Waals surface area contributed by atoms with Gasteiger partial charge in [-0.1, -0.05) is 0 Å². The number of aromatic carboxylic acids is 1. The maximum absolute atomic E-state index is 10.9. The van der Waals surface area contributed by atoms with Crippen LogP contribution in [0.4, 0.5) is 0 Å². The number of methoxy groups -OCH3 is 2. The highest BCUT2D eigenvalue weighted by Gasteiger charge is 2.10. The average Bonchev–Trinajstić information content (AvgIpc) is 2.25. The van der Waals surface area contributed by atoms with Crippen molar-refractivity contribution in [1.82, 2.24) is 0 Å². The molecule has 0 aliphatic carbocycles. The van der Waals surface area contributed by atoms with Crippen molar-refractivity contribution in [3.8, 4) is 5.75 Å².